The predicted molar refractivity (Wildman–Crippen MR) is 77.5 cm³/mol. The van der Waals surface area contributed by atoms with Crippen LogP contribution in [0.3, 0.4) is 0 Å². The van der Waals surface area contributed by atoms with Crippen LogP contribution in [0.4, 0.5) is 4.39 Å². The van der Waals surface area contributed by atoms with Gasteiger partial charge in [-0.1, -0.05) is 13.0 Å². The molecule has 0 radical (unpaired) electrons. The summed E-state index contributed by atoms with van der Waals surface area (Å²) in [6, 6.07) is 7.16. The smallest absolute Gasteiger partial charge is 0.129 e. The minimum Gasteiger partial charge on any atom is -0.496 e. The van der Waals surface area contributed by atoms with Gasteiger partial charge >= 0.3 is 0 Å². The molecule has 0 aliphatic rings. The molecule has 102 valence electrons. The second-order valence-corrected chi connectivity index (χ2v) is 5.38. The van der Waals surface area contributed by atoms with Crippen molar-refractivity contribution in [3.63, 3.8) is 0 Å². The summed E-state index contributed by atoms with van der Waals surface area (Å²) >= 11 is 1.62. The van der Waals surface area contributed by atoms with Crippen molar-refractivity contribution >= 4 is 11.3 Å². The number of aryl methyl sites for hydroxylation is 1. The highest BCUT2D eigenvalue weighted by Crippen LogP contribution is 2.31. The van der Waals surface area contributed by atoms with Gasteiger partial charge in [0.25, 0.3) is 0 Å². The van der Waals surface area contributed by atoms with Crippen molar-refractivity contribution in [2.45, 2.75) is 19.9 Å². The molecule has 0 bridgehead atoms. The van der Waals surface area contributed by atoms with E-state index in [2.05, 4.69) is 5.32 Å². The number of rotatable bonds is 5. The molecular formula is C15H18FNOS. The number of hydrogen-bond donors (Lipinski definition) is 1. The van der Waals surface area contributed by atoms with Gasteiger partial charge < -0.3 is 10.1 Å². The van der Waals surface area contributed by atoms with Crippen molar-refractivity contribution in [2.24, 2.45) is 0 Å². The van der Waals surface area contributed by atoms with E-state index < -0.39 is 0 Å². The van der Waals surface area contributed by atoms with Crippen molar-refractivity contribution in [1.29, 1.82) is 0 Å². The topological polar surface area (TPSA) is 21.3 Å². The summed E-state index contributed by atoms with van der Waals surface area (Å²) in [6.07, 6.45) is 0. The number of thiophene rings is 1. The molecule has 0 fully saturated rings. The summed E-state index contributed by atoms with van der Waals surface area (Å²) in [5.41, 5.74) is 1.88. The molecule has 2 nitrogen and oxygen atoms in total. The second kappa shape index (κ2) is 6.17. The minimum absolute atomic E-state index is 0.00769. The molecule has 2 aromatic rings. The fourth-order valence-electron chi connectivity index (χ4n) is 2.11. The van der Waals surface area contributed by atoms with Crippen LogP contribution in [-0.2, 0) is 0 Å². The van der Waals surface area contributed by atoms with E-state index in [4.69, 9.17) is 4.74 Å². The fourth-order valence-corrected chi connectivity index (χ4v) is 3.07. The highest BCUT2D eigenvalue weighted by Gasteiger charge is 2.16. The average Bonchev–Trinajstić information content (AvgIpc) is 2.83. The molecule has 1 unspecified atom stereocenters. The lowest BCUT2D eigenvalue weighted by Gasteiger charge is -2.17. The monoisotopic (exact) mass is 279 g/mol. The van der Waals surface area contributed by atoms with Crippen LogP contribution in [0, 0.1) is 12.7 Å². The van der Waals surface area contributed by atoms with E-state index in [-0.39, 0.29) is 11.9 Å². The summed E-state index contributed by atoms with van der Waals surface area (Å²) in [4.78, 5) is 1.13. The highest BCUT2D eigenvalue weighted by molar-refractivity contribution is 7.10. The molecule has 1 aromatic carbocycles. The van der Waals surface area contributed by atoms with E-state index in [1.807, 2.05) is 31.4 Å². The summed E-state index contributed by atoms with van der Waals surface area (Å²) in [7, 11) is 1.65. The predicted octanol–water partition coefficient (Wildman–Crippen LogP) is 3.90. The van der Waals surface area contributed by atoms with Gasteiger partial charge in [0.2, 0.25) is 0 Å². The Balaban J connectivity index is 2.38. The van der Waals surface area contributed by atoms with Crippen LogP contribution >= 0.6 is 11.3 Å². The summed E-state index contributed by atoms with van der Waals surface area (Å²) in [5, 5.41) is 5.36. The van der Waals surface area contributed by atoms with Crippen molar-refractivity contribution in [3.05, 3.63) is 51.5 Å². The Hall–Kier alpha value is -1.39. The van der Waals surface area contributed by atoms with Crippen molar-refractivity contribution in [2.75, 3.05) is 13.7 Å². The van der Waals surface area contributed by atoms with Crippen LogP contribution in [0.2, 0.25) is 0 Å². The number of ether oxygens (including phenoxy) is 1. The van der Waals surface area contributed by atoms with Crippen LogP contribution in [0.15, 0.2) is 29.6 Å². The first-order valence-corrected chi connectivity index (χ1v) is 7.15. The quantitative estimate of drug-likeness (QED) is 0.896. The molecular weight excluding hydrogens is 261 g/mol. The van der Waals surface area contributed by atoms with E-state index >= 15 is 0 Å². The van der Waals surface area contributed by atoms with Gasteiger partial charge in [-0.3, -0.25) is 0 Å². The Bertz CT molecular complexity index is 533. The SMILES string of the molecule is CCNC(c1cc(C)cc(F)c1)c1cc(OC)cs1. The zero-order chi connectivity index (χ0) is 13.8. The Morgan fingerprint density at radius 3 is 2.68 bits per heavy atom. The Kier molecular flexibility index (Phi) is 4.56. The third-order valence-corrected chi connectivity index (χ3v) is 3.90. The molecule has 1 aromatic heterocycles. The number of hydrogen-bond acceptors (Lipinski definition) is 3. The molecule has 1 N–H and O–H groups in total. The van der Waals surface area contributed by atoms with Crippen LogP contribution < -0.4 is 10.1 Å². The summed E-state index contributed by atoms with van der Waals surface area (Å²) in [5.74, 6) is 0.650. The van der Waals surface area contributed by atoms with Gasteiger partial charge in [0, 0.05) is 10.3 Å². The summed E-state index contributed by atoms with van der Waals surface area (Å²) < 4.78 is 18.8. The first-order chi connectivity index (χ1) is 9.13. The highest BCUT2D eigenvalue weighted by atomic mass is 32.1. The lowest BCUT2D eigenvalue weighted by atomic mass is 10.0. The third-order valence-electron chi connectivity index (χ3n) is 2.92. The zero-order valence-corrected chi connectivity index (χ0v) is 12.2. The Morgan fingerprint density at radius 1 is 1.32 bits per heavy atom. The largest absolute Gasteiger partial charge is 0.496 e. The molecule has 1 atom stereocenters. The van der Waals surface area contributed by atoms with Gasteiger partial charge in [-0.05, 0) is 42.8 Å². The van der Waals surface area contributed by atoms with Gasteiger partial charge in [0.15, 0.2) is 0 Å². The van der Waals surface area contributed by atoms with Crippen molar-refractivity contribution in [3.8, 4) is 5.75 Å². The van der Waals surface area contributed by atoms with Gasteiger partial charge in [0.05, 0.1) is 13.2 Å². The van der Waals surface area contributed by atoms with Gasteiger partial charge in [-0.2, -0.15) is 0 Å². The normalized spacial score (nSPS) is 12.4. The molecule has 2 rings (SSSR count). The molecule has 19 heavy (non-hydrogen) atoms. The number of nitrogens with one attached hydrogen (secondary N) is 1. The molecule has 0 aliphatic carbocycles. The van der Waals surface area contributed by atoms with E-state index in [9.17, 15) is 4.39 Å². The van der Waals surface area contributed by atoms with Gasteiger partial charge in [-0.25, -0.2) is 4.39 Å². The summed E-state index contributed by atoms with van der Waals surface area (Å²) in [6.45, 7) is 4.77. The molecule has 0 spiro atoms. The molecule has 1 heterocycles. The van der Waals surface area contributed by atoms with Crippen molar-refractivity contribution in [1.82, 2.24) is 5.32 Å². The maximum Gasteiger partial charge on any atom is 0.129 e. The van der Waals surface area contributed by atoms with E-state index in [0.29, 0.717) is 0 Å². The minimum atomic E-state index is -0.193. The van der Waals surface area contributed by atoms with Crippen LogP contribution in [-0.4, -0.2) is 13.7 Å². The van der Waals surface area contributed by atoms with Crippen LogP contribution in [0.1, 0.15) is 29.0 Å². The molecule has 0 saturated carbocycles. The lowest BCUT2D eigenvalue weighted by Crippen LogP contribution is -2.21. The van der Waals surface area contributed by atoms with Crippen LogP contribution in [0.5, 0.6) is 5.75 Å². The Morgan fingerprint density at radius 2 is 2.11 bits per heavy atom. The standard InChI is InChI=1S/C15H18FNOS/c1-4-17-15(14-8-13(18-3)9-19-14)11-5-10(2)6-12(16)7-11/h5-9,15,17H,4H2,1-3H3. The first kappa shape index (κ1) is 14.0. The van der Waals surface area contributed by atoms with E-state index in [1.165, 1.54) is 0 Å². The zero-order valence-electron chi connectivity index (χ0n) is 11.4. The molecule has 0 amide bonds. The number of methoxy groups -OCH3 is 1. The maximum atomic E-state index is 13.6. The molecule has 0 aliphatic heterocycles. The van der Waals surface area contributed by atoms with Crippen molar-refractivity contribution < 1.29 is 9.13 Å². The van der Waals surface area contributed by atoms with Gasteiger partial charge in [-0.15, -0.1) is 11.3 Å². The van der Waals surface area contributed by atoms with E-state index in [0.717, 1.165) is 28.3 Å². The first-order valence-electron chi connectivity index (χ1n) is 6.27. The molecule has 0 saturated heterocycles. The average molecular weight is 279 g/mol. The molecule has 4 heteroatoms. The fraction of sp³-hybridized carbons (Fsp3) is 0.333. The third kappa shape index (κ3) is 3.33. The lowest BCUT2D eigenvalue weighted by molar-refractivity contribution is 0.416. The van der Waals surface area contributed by atoms with Gasteiger partial charge in [0.1, 0.15) is 11.6 Å². The number of benzene rings is 1. The second-order valence-electron chi connectivity index (χ2n) is 4.44. The number of halogens is 1. The van der Waals surface area contributed by atoms with E-state index in [1.54, 1.807) is 30.6 Å². The maximum absolute atomic E-state index is 13.6. The van der Waals surface area contributed by atoms with Crippen LogP contribution in [0.25, 0.3) is 0 Å². The Labute approximate surface area is 117 Å².